The Bertz CT molecular complexity index is 415. The summed E-state index contributed by atoms with van der Waals surface area (Å²) in [4.78, 5) is 18.6. The molecular formula is C14H19ClN2O. The van der Waals surface area contributed by atoms with Crippen LogP contribution in [0, 0.1) is 5.41 Å². The van der Waals surface area contributed by atoms with Gasteiger partial charge in [-0.3, -0.25) is 9.78 Å². The normalized spacial score (nSPS) is 15.5. The largest absolute Gasteiger partial charge is 0.335 e. The highest BCUT2D eigenvalue weighted by Gasteiger charge is 2.39. The van der Waals surface area contributed by atoms with E-state index in [4.69, 9.17) is 11.6 Å². The molecule has 1 heterocycles. The summed E-state index contributed by atoms with van der Waals surface area (Å²) < 4.78 is 0. The standard InChI is InChI=1S/C14H19ClN2O/c1-14(2,10-15)13(18)17(12-5-6-12)9-11-4-3-7-16-8-11/h3-4,7-8,12H,5-6,9-10H2,1-2H3. The van der Waals surface area contributed by atoms with E-state index in [9.17, 15) is 4.79 Å². The maximum atomic E-state index is 12.5. The number of alkyl halides is 1. The predicted molar refractivity (Wildman–Crippen MR) is 72.3 cm³/mol. The molecule has 1 amide bonds. The molecule has 0 aromatic carbocycles. The summed E-state index contributed by atoms with van der Waals surface area (Å²) in [5.41, 5.74) is 0.579. The van der Waals surface area contributed by atoms with Crippen LogP contribution in [0.4, 0.5) is 0 Å². The smallest absolute Gasteiger partial charge is 0.229 e. The van der Waals surface area contributed by atoms with Gasteiger partial charge in [0.05, 0.1) is 5.41 Å². The lowest BCUT2D eigenvalue weighted by Crippen LogP contribution is -2.42. The van der Waals surface area contributed by atoms with Crippen LogP contribution in [0.25, 0.3) is 0 Å². The Labute approximate surface area is 113 Å². The Kier molecular flexibility index (Phi) is 3.91. The first-order valence-corrected chi connectivity index (χ1v) is 6.84. The van der Waals surface area contributed by atoms with Gasteiger partial charge >= 0.3 is 0 Å². The summed E-state index contributed by atoms with van der Waals surface area (Å²) in [5.74, 6) is 0.492. The Balaban J connectivity index is 2.12. The van der Waals surface area contributed by atoms with Gasteiger partial charge < -0.3 is 4.90 Å². The van der Waals surface area contributed by atoms with Crippen LogP contribution < -0.4 is 0 Å². The lowest BCUT2D eigenvalue weighted by Gasteiger charge is -2.30. The first kappa shape index (κ1) is 13.3. The van der Waals surface area contributed by atoms with Gasteiger partial charge in [-0.25, -0.2) is 0 Å². The highest BCUT2D eigenvalue weighted by atomic mass is 35.5. The summed E-state index contributed by atoms with van der Waals surface area (Å²) in [7, 11) is 0. The lowest BCUT2D eigenvalue weighted by molar-refractivity contribution is -0.140. The van der Waals surface area contributed by atoms with E-state index in [0.717, 1.165) is 18.4 Å². The van der Waals surface area contributed by atoms with Crippen molar-refractivity contribution in [2.75, 3.05) is 5.88 Å². The van der Waals surface area contributed by atoms with Gasteiger partial charge in [0.1, 0.15) is 0 Å². The van der Waals surface area contributed by atoms with Crippen molar-refractivity contribution in [3.05, 3.63) is 30.1 Å². The molecule has 0 saturated heterocycles. The van der Waals surface area contributed by atoms with E-state index in [2.05, 4.69) is 4.98 Å². The molecule has 1 aromatic rings. The van der Waals surface area contributed by atoms with E-state index >= 15 is 0 Å². The minimum Gasteiger partial charge on any atom is -0.335 e. The van der Waals surface area contributed by atoms with Crippen LogP contribution in [-0.2, 0) is 11.3 Å². The zero-order chi connectivity index (χ0) is 13.2. The minimum atomic E-state index is -0.494. The molecule has 0 N–H and O–H groups in total. The zero-order valence-corrected chi connectivity index (χ0v) is 11.7. The van der Waals surface area contributed by atoms with Crippen molar-refractivity contribution >= 4 is 17.5 Å². The molecule has 1 fully saturated rings. The minimum absolute atomic E-state index is 0.142. The fraction of sp³-hybridized carbons (Fsp3) is 0.571. The van der Waals surface area contributed by atoms with Crippen LogP contribution in [0.3, 0.4) is 0 Å². The van der Waals surface area contributed by atoms with Crippen molar-refractivity contribution < 1.29 is 4.79 Å². The summed E-state index contributed by atoms with van der Waals surface area (Å²) in [6.45, 7) is 4.44. The number of amides is 1. The molecule has 3 nitrogen and oxygen atoms in total. The van der Waals surface area contributed by atoms with Gasteiger partial charge in [0, 0.05) is 30.9 Å². The van der Waals surface area contributed by atoms with Crippen molar-refractivity contribution in [2.24, 2.45) is 5.41 Å². The zero-order valence-electron chi connectivity index (χ0n) is 10.9. The molecule has 0 spiro atoms. The van der Waals surface area contributed by atoms with Gasteiger partial charge in [-0.2, -0.15) is 0 Å². The fourth-order valence-corrected chi connectivity index (χ4v) is 2.00. The van der Waals surface area contributed by atoms with Crippen molar-refractivity contribution in [1.29, 1.82) is 0 Å². The summed E-state index contributed by atoms with van der Waals surface area (Å²) in [6.07, 6.45) is 5.76. The second-order valence-electron chi connectivity index (χ2n) is 5.54. The highest BCUT2D eigenvalue weighted by molar-refractivity contribution is 6.19. The van der Waals surface area contributed by atoms with Crippen LogP contribution in [0.15, 0.2) is 24.5 Å². The van der Waals surface area contributed by atoms with Crippen LogP contribution in [0.2, 0.25) is 0 Å². The number of nitrogens with zero attached hydrogens (tertiary/aromatic N) is 2. The van der Waals surface area contributed by atoms with Gasteiger partial charge in [0.15, 0.2) is 0 Å². The van der Waals surface area contributed by atoms with Gasteiger partial charge in [-0.15, -0.1) is 11.6 Å². The maximum absolute atomic E-state index is 12.5. The van der Waals surface area contributed by atoms with Crippen LogP contribution in [0.1, 0.15) is 32.3 Å². The molecular weight excluding hydrogens is 248 g/mol. The quantitative estimate of drug-likeness (QED) is 0.768. The number of halogens is 1. The molecule has 1 aliphatic rings. The molecule has 1 saturated carbocycles. The van der Waals surface area contributed by atoms with Crippen LogP contribution in [-0.4, -0.2) is 27.7 Å². The van der Waals surface area contributed by atoms with Gasteiger partial charge in [-0.05, 0) is 38.3 Å². The number of carbonyl (C=O) groups is 1. The Morgan fingerprint density at radius 1 is 1.56 bits per heavy atom. The van der Waals surface area contributed by atoms with E-state index in [1.165, 1.54) is 0 Å². The van der Waals surface area contributed by atoms with E-state index in [1.54, 1.807) is 6.20 Å². The number of rotatable bonds is 5. The van der Waals surface area contributed by atoms with Crippen molar-refractivity contribution in [3.63, 3.8) is 0 Å². The molecule has 2 rings (SSSR count). The molecule has 1 aliphatic carbocycles. The van der Waals surface area contributed by atoms with E-state index in [1.807, 2.05) is 37.1 Å². The first-order valence-electron chi connectivity index (χ1n) is 6.30. The molecule has 0 unspecified atom stereocenters. The van der Waals surface area contributed by atoms with E-state index in [-0.39, 0.29) is 5.91 Å². The third kappa shape index (κ3) is 3.02. The monoisotopic (exact) mass is 266 g/mol. The molecule has 0 aliphatic heterocycles. The van der Waals surface area contributed by atoms with Crippen molar-refractivity contribution in [1.82, 2.24) is 9.88 Å². The third-order valence-electron chi connectivity index (χ3n) is 3.24. The summed E-state index contributed by atoms with van der Waals surface area (Å²) in [5, 5.41) is 0. The Morgan fingerprint density at radius 2 is 2.28 bits per heavy atom. The van der Waals surface area contributed by atoms with Gasteiger partial charge in [0.25, 0.3) is 0 Å². The van der Waals surface area contributed by atoms with Crippen LogP contribution >= 0.6 is 11.6 Å². The number of hydrogen-bond donors (Lipinski definition) is 0. The van der Waals surface area contributed by atoms with Crippen molar-refractivity contribution in [3.8, 4) is 0 Å². The summed E-state index contributed by atoms with van der Waals surface area (Å²) in [6, 6.07) is 4.29. The van der Waals surface area contributed by atoms with Gasteiger partial charge in [-0.1, -0.05) is 6.07 Å². The maximum Gasteiger partial charge on any atom is 0.229 e. The van der Waals surface area contributed by atoms with Crippen molar-refractivity contribution in [2.45, 2.75) is 39.3 Å². The van der Waals surface area contributed by atoms with E-state index < -0.39 is 5.41 Å². The number of carbonyl (C=O) groups excluding carboxylic acids is 1. The fourth-order valence-electron chi connectivity index (χ4n) is 1.89. The van der Waals surface area contributed by atoms with Crippen LogP contribution in [0.5, 0.6) is 0 Å². The van der Waals surface area contributed by atoms with E-state index in [0.29, 0.717) is 18.5 Å². The SMILES string of the molecule is CC(C)(CCl)C(=O)N(Cc1cccnc1)C1CC1. The van der Waals surface area contributed by atoms with Gasteiger partial charge in [0.2, 0.25) is 5.91 Å². The third-order valence-corrected chi connectivity index (χ3v) is 3.91. The molecule has 0 radical (unpaired) electrons. The molecule has 4 heteroatoms. The second kappa shape index (κ2) is 5.27. The molecule has 98 valence electrons. The topological polar surface area (TPSA) is 33.2 Å². The Hall–Kier alpha value is -1.09. The highest BCUT2D eigenvalue weighted by Crippen LogP contribution is 2.32. The Morgan fingerprint density at radius 3 is 2.78 bits per heavy atom. The molecule has 0 bridgehead atoms. The lowest BCUT2D eigenvalue weighted by atomic mass is 9.94. The first-order chi connectivity index (χ1) is 8.54. The number of hydrogen-bond acceptors (Lipinski definition) is 2. The second-order valence-corrected chi connectivity index (χ2v) is 5.81. The molecule has 0 atom stereocenters. The summed E-state index contributed by atoms with van der Waals surface area (Å²) >= 11 is 5.90. The number of aromatic nitrogens is 1. The average molecular weight is 267 g/mol. The predicted octanol–water partition coefficient (Wildman–Crippen LogP) is 2.84. The number of pyridine rings is 1. The molecule has 18 heavy (non-hydrogen) atoms. The molecule has 1 aromatic heterocycles. The average Bonchev–Trinajstić information content (AvgIpc) is 3.20.